The molecule has 0 radical (unpaired) electrons. The molecule has 90 valence electrons. The summed E-state index contributed by atoms with van der Waals surface area (Å²) in [5.41, 5.74) is 5.96. The van der Waals surface area contributed by atoms with E-state index < -0.39 is 5.97 Å². The maximum Gasteiger partial charge on any atom is 0.358 e. The van der Waals surface area contributed by atoms with Crippen molar-refractivity contribution in [2.75, 3.05) is 0 Å². The van der Waals surface area contributed by atoms with E-state index in [0.717, 1.165) is 12.8 Å². The van der Waals surface area contributed by atoms with Crippen molar-refractivity contribution in [2.45, 2.75) is 39.8 Å². The molecule has 6 nitrogen and oxygen atoms in total. The van der Waals surface area contributed by atoms with Crippen LogP contribution in [-0.2, 0) is 13.1 Å². The van der Waals surface area contributed by atoms with Gasteiger partial charge < -0.3 is 10.8 Å². The van der Waals surface area contributed by atoms with Gasteiger partial charge in [-0.05, 0) is 18.8 Å². The lowest BCUT2D eigenvalue weighted by molar-refractivity contribution is 0.0689. The number of aromatic nitrogens is 3. The van der Waals surface area contributed by atoms with E-state index in [1.54, 1.807) is 4.68 Å². The van der Waals surface area contributed by atoms with E-state index in [-0.39, 0.29) is 12.2 Å². The molecule has 0 aliphatic heterocycles. The van der Waals surface area contributed by atoms with Gasteiger partial charge in [-0.1, -0.05) is 19.1 Å². The molecule has 6 heteroatoms. The molecule has 1 rings (SSSR count). The van der Waals surface area contributed by atoms with Crippen LogP contribution in [0.5, 0.6) is 0 Å². The van der Waals surface area contributed by atoms with Gasteiger partial charge in [0.2, 0.25) is 0 Å². The standard InChI is InChI=1S/C10H18N4O2/c1-7(2)4-3-5-14-8(6-11)9(10(15)16)12-13-14/h7H,3-6,11H2,1-2H3,(H,15,16). The first-order valence-electron chi connectivity index (χ1n) is 5.42. The number of hydrogen-bond acceptors (Lipinski definition) is 4. The van der Waals surface area contributed by atoms with Gasteiger partial charge in [0.1, 0.15) is 0 Å². The summed E-state index contributed by atoms with van der Waals surface area (Å²) in [5.74, 6) is -0.445. The summed E-state index contributed by atoms with van der Waals surface area (Å²) in [6, 6.07) is 0. The van der Waals surface area contributed by atoms with Crippen molar-refractivity contribution in [1.82, 2.24) is 15.0 Å². The fraction of sp³-hybridized carbons (Fsp3) is 0.700. The fourth-order valence-corrected chi connectivity index (χ4v) is 1.53. The van der Waals surface area contributed by atoms with Crippen molar-refractivity contribution in [3.8, 4) is 0 Å². The molecule has 0 aromatic carbocycles. The molecule has 0 aliphatic rings. The van der Waals surface area contributed by atoms with E-state index in [0.29, 0.717) is 18.2 Å². The van der Waals surface area contributed by atoms with Crippen LogP contribution in [0.25, 0.3) is 0 Å². The quantitative estimate of drug-likeness (QED) is 0.750. The van der Waals surface area contributed by atoms with Crippen LogP contribution in [-0.4, -0.2) is 26.1 Å². The van der Waals surface area contributed by atoms with Gasteiger partial charge >= 0.3 is 5.97 Å². The molecule has 1 aromatic heterocycles. The Balaban J connectivity index is 2.69. The smallest absolute Gasteiger partial charge is 0.358 e. The second-order valence-corrected chi connectivity index (χ2v) is 4.15. The average Bonchev–Trinajstić information content (AvgIpc) is 2.60. The van der Waals surface area contributed by atoms with Gasteiger partial charge in [-0.15, -0.1) is 5.10 Å². The lowest BCUT2D eigenvalue weighted by Crippen LogP contribution is -2.13. The molecule has 0 saturated carbocycles. The van der Waals surface area contributed by atoms with Crippen molar-refractivity contribution in [3.05, 3.63) is 11.4 Å². The highest BCUT2D eigenvalue weighted by atomic mass is 16.4. The van der Waals surface area contributed by atoms with Crippen LogP contribution in [0.1, 0.15) is 42.9 Å². The lowest BCUT2D eigenvalue weighted by atomic mass is 10.1. The SMILES string of the molecule is CC(C)CCCn1nnc(C(=O)O)c1CN. The number of rotatable bonds is 6. The summed E-state index contributed by atoms with van der Waals surface area (Å²) < 4.78 is 1.59. The summed E-state index contributed by atoms with van der Waals surface area (Å²) in [4.78, 5) is 10.8. The lowest BCUT2D eigenvalue weighted by Gasteiger charge is -2.06. The molecule has 0 aliphatic carbocycles. The van der Waals surface area contributed by atoms with Crippen LogP contribution in [0, 0.1) is 5.92 Å². The summed E-state index contributed by atoms with van der Waals surface area (Å²) in [5, 5.41) is 16.3. The number of carbonyl (C=O) groups is 1. The molecule has 0 unspecified atom stereocenters. The zero-order chi connectivity index (χ0) is 12.1. The molecule has 0 bridgehead atoms. The third-order valence-electron chi connectivity index (χ3n) is 2.38. The van der Waals surface area contributed by atoms with E-state index in [1.807, 2.05) is 0 Å². The molecule has 16 heavy (non-hydrogen) atoms. The molecular weight excluding hydrogens is 208 g/mol. The predicted octanol–water partition coefficient (Wildman–Crippen LogP) is 0.871. The van der Waals surface area contributed by atoms with Gasteiger partial charge in [0.15, 0.2) is 5.69 Å². The Morgan fingerprint density at radius 1 is 1.56 bits per heavy atom. The molecule has 0 saturated heterocycles. The third-order valence-corrected chi connectivity index (χ3v) is 2.38. The molecule has 0 atom stereocenters. The van der Waals surface area contributed by atoms with Crippen LogP contribution in [0.3, 0.4) is 0 Å². The number of nitrogens with zero attached hydrogens (tertiary/aromatic N) is 3. The first kappa shape index (κ1) is 12.6. The first-order chi connectivity index (χ1) is 7.56. The Bertz CT molecular complexity index is 360. The summed E-state index contributed by atoms with van der Waals surface area (Å²) in [6.07, 6.45) is 2.03. The zero-order valence-electron chi connectivity index (χ0n) is 9.68. The molecule has 0 fully saturated rings. The maximum absolute atomic E-state index is 10.8. The Morgan fingerprint density at radius 3 is 2.75 bits per heavy atom. The molecule has 1 aromatic rings. The van der Waals surface area contributed by atoms with Crippen molar-refractivity contribution in [1.29, 1.82) is 0 Å². The minimum absolute atomic E-state index is 0.0351. The number of nitrogens with two attached hydrogens (primary N) is 1. The molecule has 0 amide bonds. The topological polar surface area (TPSA) is 94.0 Å². The van der Waals surface area contributed by atoms with E-state index >= 15 is 0 Å². The number of aromatic carboxylic acids is 1. The fourth-order valence-electron chi connectivity index (χ4n) is 1.53. The molecule has 1 heterocycles. The van der Waals surface area contributed by atoms with Gasteiger partial charge in [-0.2, -0.15) is 0 Å². The average molecular weight is 226 g/mol. The van der Waals surface area contributed by atoms with Crippen LogP contribution < -0.4 is 5.73 Å². The van der Waals surface area contributed by atoms with Gasteiger partial charge in [0.25, 0.3) is 0 Å². The third kappa shape index (κ3) is 3.03. The highest BCUT2D eigenvalue weighted by Crippen LogP contribution is 2.09. The van der Waals surface area contributed by atoms with Gasteiger partial charge in [0.05, 0.1) is 5.69 Å². The normalized spacial score (nSPS) is 11.0. The van der Waals surface area contributed by atoms with Crippen molar-refractivity contribution >= 4 is 5.97 Å². The van der Waals surface area contributed by atoms with Gasteiger partial charge in [0, 0.05) is 13.1 Å². The highest BCUT2D eigenvalue weighted by molar-refractivity contribution is 5.86. The monoisotopic (exact) mass is 226 g/mol. The van der Waals surface area contributed by atoms with Crippen molar-refractivity contribution < 1.29 is 9.90 Å². The Hall–Kier alpha value is -1.43. The predicted molar refractivity (Wildman–Crippen MR) is 58.9 cm³/mol. The maximum atomic E-state index is 10.8. The first-order valence-corrected chi connectivity index (χ1v) is 5.42. The second-order valence-electron chi connectivity index (χ2n) is 4.15. The molecule has 0 spiro atoms. The van der Waals surface area contributed by atoms with Crippen LogP contribution in [0.15, 0.2) is 0 Å². The summed E-state index contributed by atoms with van der Waals surface area (Å²) in [6.45, 7) is 5.11. The summed E-state index contributed by atoms with van der Waals surface area (Å²) >= 11 is 0. The van der Waals surface area contributed by atoms with Crippen LogP contribution in [0.4, 0.5) is 0 Å². The van der Waals surface area contributed by atoms with E-state index in [1.165, 1.54) is 0 Å². The largest absolute Gasteiger partial charge is 0.476 e. The van der Waals surface area contributed by atoms with Gasteiger partial charge in [-0.25, -0.2) is 9.48 Å². The number of carboxylic acids is 1. The number of carboxylic acid groups (broad SMARTS) is 1. The minimum Gasteiger partial charge on any atom is -0.476 e. The Kier molecular flexibility index (Phi) is 4.42. The van der Waals surface area contributed by atoms with Gasteiger partial charge in [-0.3, -0.25) is 0 Å². The molecular formula is C10H18N4O2. The minimum atomic E-state index is -1.07. The summed E-state index contributed by atoms with van der Waals surface area (Å²) in [7, 11) is 0. The Labute approximate surface area is 94.4 Å². The van der Waals surface area contributed by atoms with E-state index in [2.05, 4.69) is 24.2 Å². The molecule has 3 N–H and O–H groups in total. The van der Waals surface area contributed by atoms with Crippen molar-refractivity contribution in [3.63, 3.8) is 0 Å². The highest BCUT2D eigenvalue weighted by Gasteiger charge is 2.17. The van der Waals surface area contributed by atoms with E-state index in [9.17, 15) is 4.79 Å². The van der Waals surface area contributed by atoms with Crippen molar-refractivity contribution in [2.24, 2.45) is 11.7 Å². The van der Waals surface area contributed by atoms with Crippen LogP contribution >= 0.6 is 0 Å². The zero-order valence-corrected chi connectivity index (χ0v) is 9.68. The van der Waals surface area contributed by atoms with E-state index in [4.69, 9.17) is 10.8 Å². The number of hydrogen-bond donors (Lipinski definition) is 2. The second kappa shape index (κ2) is 5.60. The Morgan fingerprint density at radius 2 is 2.25 bits per heavy atom. The number of aryl methyl sites for hydroxylation is 1. The van der Waals surface area contributed by atoms with Crippen LogP contribution in [0.2, 0.25) is 0 Å².